The molecule has 0 aliphatic heterocycles. The van der Waals surface area contributed by atoms with E-state index in [-0.39, 0.29) is 0 Å². The van der Waals surface area contributed by atoms with Crippen LogP contribution < -0.4 is 5.30 Å². The lowest BCUT2D eigenvalue weighted by molar-refractivity contribution is 0.477. The Morgan fingerprint density at radius 1 is 1.00 bits per heavy atom. The van der Waals surface area contributed by atoms with Gasteiger partial charge >= 0.3 is 0 Å². The monoisotopic (exact) mass is 256 g/mol. The minimum Gasteiger partial charge on any atom is -0.507 e. The quantitative estimate of drug-likeness (QED) is 0.812. The highest BCUT2D eigenvalue weighted by molar-refractivity contribution is 7.52. The van der Waals surface area contributed by atoms with E-state index in [0.29, 0.717) is 14.3 Å². The van der Waals surface area contributed by atoms with Gasteiger partial charge in [0.2, 0.25) is 0 Å². The minimum absolute atomic E-state index is 0.341. The molecular formula is C16H17OP. The van der Waals surface area contributed by atoms with Crippen LogP contribution in [0.15, 0.2) is 59.9 Å². The van der Waals surface area contributed by atoms with Crippen LogP contribution in [0.2, 0.25) is 0 Å². The lowest BCUT2D eigenvalue weighted by Crippen LogP contribution is -1.99. The van der Waals surface area contributed by atoms with Gasteiger partial charge in [0.15, 0.2) is 0 Å². The SMILES string of the molecule is C/C=C(\C)Pc1ccccc1-c1ccccc1O. The van der Waals surface area contributed by atoms with E-state index < -0.39 is 0 Å². The molecule has 18 heavy (non-hydrogen) atoms. The third kappa shape index (κ3) is 2.80. The van der Waals surface area contributed by atoms with Crippen molar-refractivity contribution in [1.29, 1.82) is 0 Å². The number of rotatable bonds is 3. The predicted octanol–water partition coefficient (Wildman–Crippen LogP) is 4.29. The number of para-hydroxylation sites is 1. The molecule has 1 atom stereocenters. The first-order chi connectivity index (χ1) is 8.72. The molecule has 2 heteroatoms. The third-order valence-corrected chi connectivity index (χ3v) is 4.27. The first-order valence-corrected chi connectivity index (χ1v) is 6.99. The van der Waals surface area contributed by atoms with Crippen molar-refractivity contribution in [2.75, 3.05) is 0 Å². The molecule has 0 radical (unpaired) electrons. The van der Waals surface area contributed by atoms with Crippen LogP contribution in [0, 0.1) is 0 Å². The summed E-state index contributed by atoms with van der Waals surface area (Å²) in [6, 6.07) is 15.8. The molecule has 2 rings (SSSR count). The molecule has 92 valence electrons. The van der Waals surface area contributed by atoms with Crippen LogP contribution in [-0.2, 0) is 0 Å². The van der Waals surface area contributed by atoms with Crippen LogP contribution in [0.25, 0.3) is 11.1 Å². The third-order valence-electron chi connectivity index (χ3n) is 2.89. The van der Waals surface area contributed by atoms with E-state index in [1.54, 1.807) is 6.07 Å². The van der Waals surface area contributed by atoms with Crippen molar-refractivity contribution < 1.29 is 5.11 Å². The van der Waals surface area contributed by atoms with Crippen molar-refractivity contribution in [3.8, 4) is 16.9 Å². The van der Waals surface area contributed by atoms with Crippen molar-refractivity contribution >= 4 is 13.9 Å². The molecule has 2 aromatic rings. The van der Waals surface area contributed by atoms with Gasteiger partial charge in [-0.05, 0) is 30.8 Å². The van der Waals surface area contributed by atoms with E-state index in [1.807, 2.05) is 24.3 Å². The summed E-state index contributed by atoms with van der Waals surface area (Å²) in [6.45, 7) is 4.20. The average molecular weight is 256 g/mol. The van der Waals surface area contributed by atoms with E-state index in [4.69, 9.17) is 0 Å². The molecule has 0 heterocycles. The normalized spacial score (nSPS) is 12.2. The lowest BCUT2D eigenvalue weighted by Gasteiger charge is -2.11. The summed E-state index contributed by atoms with van der Waals surface area (Å²) in [5.41, 5.74) is 2.03. The van der Waals surface area contributed by atoms with Crippen molar-refractivity contribution in [3.05, 3.63) is 59.9 Å². The van der Waals surface area contributed by atoms with Crippen molar-refractivity contribution in [3.63, 3.8) is 0 Å². The van der Waals surface area contributed by atoms with E-state index in [0.717, 1.165) is 11.1 Å². The Labute approximate surface area is 110 Å². The zero-order valence-corrected chi connectivity index (χ0v) is 11.6. The highest BCUT2D eigenvalue weighted by Crippen LogP contribution is 2.32. The van der Waals surface area contributed by atoms with Gasteiger partial charge in [-0.15, -0.1) is 0 Å². The van der Waals surface area contributed by atoms with Gasteiger partial charge in [0.25, 0.3) is 0 Å². The van der Waals surface area contributed by atoms with Gasteiger partial charge in [0, 0.05) is 5.56 Å². The molecule has 1 nitrogen and oxygen atoms in total. The van der Waals surface area contributed by atoms with E-state index in [2.05, 4.69) is 38.1 Å². The van der Waals surface area contributed by atoms with E-state index in [1.165, 1.54) is 10.6 Å². The van der Waals surface area contributed by atoms with Gasteiger partial charge in [-0.3, -0.25) is 0 Å². The zero-order valence-electron chi connectivity index (χ0n) is 10.6. The van der Waals surface area contributed by atoms with Crippen LogP contribution in [-0.4, -0.2) is 5.11 Å². The van der Waals surface area contributed by atoms with Crippen molar-refractivity contribution in [2.24, 2.45) is 0 Å². The van der Waals surface area contributed by atoms with Gasteiger partial charge < -0.3 is 5.11 Å². The molecule has 1 N–H and O–H groups in total. The van der Waals surface area contributed by atoms with Crippen LogP contribution in [0.4, 0.5) is 0 Å². The highest BCUT2D eigenvalue weighted by atomic mass is 31.1. The lowest BCUT2D eigenvalue weighted by atomic mass is 10.0. The second kappa shape index (κ2) is 5.84. The molecule has 0 saturated carbocycles. The Morgan fingerprint density at radius 2 is 1.61 bits per heavy atom. The molecule has 0 aliphatic rings. The minimum atomic E-state index is 0.341. The summed E-state index contributed by atoms with van der Waals surface area (Å²) in [5.74, 6) is 0.341. The number of phenolic OH excluding ortho intramolecular Hbond substituents is 1. The second-order valence-corrected chi connectivity index (χ2v) is 5.74. The van der Waals surface area contributed by atoms with E-state index >= 15 is 0 Å². The van der Waals surface area contributed by atoms with Gasteiger partial charge in [-0.25, -0.2) is 0 Å². The Bertz CT molecular complexity index is 573. The molecule has 0 spiro atoms. The molecule has 0 saturated heterocycles. The van der Waals surface area contributed by atoms with Crippen molar-refractivity contribution in [1.82, 2.24) is 0 Å². The number of phenols is 1. The molecule has 0 aliphatic carbocycles. The molecule has 2 aromatic carbocycles. The smallest absolute Gasteiger partial charge is 0.123 e. The van der Waals surface area contributed by atoms with Crippen LogP contribution >= 0.6 is 8.58 Å². The molecule has 1 unspecified atom stereocenters. The molecule has 0 bridgehead atoms. The maximum Gasteiger partial charge on any atom is 0.123 e. The van der Waals surface area contributed by atoms with Crippen LogP contribution in [0.3, 0.4) is 0 Å². The number of hydrogen-bond acceptors (Lipinski definition) is 1. The van der Waals surface area contributed by atoms with E-state index in [9.17, 15) is 5.11 Å². The fraction of sp³-hybridized carbons (Fsp3) is 0.125. The Morgan fingerprint density at radius 3 is 2.28 bits per heavy atom. The number of allylic oxidation sites excluding steroid dienone is 2. The first kappa shape index (κ1) is 12.9. The predicted molar refractivity (Wildman–Crippen MR) is 80.9 cm³/mol. The van der Waals surface area contributed by atoms with Gasteiger partial charge in [0.1, 0.15) is 5.75 Å². The van der Waals surface area contributed by atoms with Gasteiger partial charge in [-0.1, -0.05) is 62.4 Å². The summed E-state index contributed by atoms with van der Waals surface area (Å²) in [5, 5.41) is 12.6. The van der Waals surface area contributed by atoms with Crippen LogP contribution in [0.1, 0.15) is 13.8 Å². The fourth-order valence-electron chi connectivity index (χ4n) is 1.81. The topological polar surface area (TPSA) is 20.2 Å². The van der Waals surface area contributed by atoms with Gasteiger partial charge in [-0.2, -0.15) is 0 Å². The summed E-state index contributed by atoms with van der Waals surface area (Å²) < 4.78 is 0. The molecular weight excluding hydrogens is 239 g/mol. The Balaban J connectivity index is 2.48. The largest absolute Gasteiger partial charge is 0.507 e. The molecule has 0 aromatic heterocycles. The summed E-state index contributed by atoms with van der Waals surface area (Å²) >= 11 is 0. The summed E-state index contributed by atoms with van der Waals surface area (Å²) in [7, 11) is 0.649. The number of aromatic hydroxyl groups is 1. The first-order valence-electron chi connectivity index (χ1n) is 5.99. The van der Waals surface area contributed by atoms with Crippen molar-refractivity contribution in [2.45, 2.75) is 13.8 Å². The maximum absolute atomic E-state index is 9.97. The highest BCUT2D eigenvalue weighted by Gasteiger charge is 2.08. The maximum atomic E-state index is 9.97. The molecule has 0 fully saturated rings. The summed E-state index contributed by atoms with van der Waals surface area (Å²) in [4.78, 5) is 0. The van der Waals surface area contributed by atoms with Gasteiger partial charge in [0.05, 0.1) is 0 Å². The Hall–Kier alpha value is -1.59. The average Bonchev–Trinajstić information content (AvgIpc) is 2.40. The summed E-state index contributed by atoms with van der Waals surface area (Å²) in [6.07, 6.45) is 2.14. The number of hydrogen-bond donors (Lipinski definition) is 1. The van der Waals surface area contributed by atoms with Crippen LogP contribution in [0.5, 0.6) is 5.75 Å². The second-order valence-electron chi connectivity index (χ2n) is 4.16. The fourth-order valence-corrected chi connectivity index (χ4v) is 2.91. The zero-order chi connectivity index (χ0) is 13.0. The standard InChI is InChI=1S/C16H17OP/c1-3-12(2)18-16-11-7-5-9-14(16)13-8-4-6-10-15(13)17/h3-11,17-18H,1-2H3/b12-3+. The Kier molecular flexibility index (Phi) is 4.17. The molecule has 0 amide bonds. The number of benzene rings is 2.